The van der Waals surface area contributed by atoms with Crippen LogP contribution in [0.25, 0.3) is 0 Å². The largest absolute Gasteiger partial charge is 0.504 e. The zero-order valence-corrected chi connectivity index (χ0v) is 11.5. The molecule has 0 spiro atoms. The molecule has 0 amide bonds. The van der Waals surface area contributed by atoms with Crippen LogP contribution < -0.4 is 4.74 Å². The number of ether oxygens (including phenoxy) is 1. The maximum absolute atomic E-state index is 9.76. The van der Waals surface area contributed by atoms with Crippen LogP contribution in [0, 0.1) is 0 Å². The summed E-state index contributed by atoms with van der Waals surface area (Å²) in [6.07, 6.45) is 0. The topological polar surface area (TPSA) is 74.4 Å². The molecule has 5 nitrogen and oxygen atoms in total. The molecule has 0 bridgehead atoms. The summed E-state index contributed by atoms with van der Waals surface area (Å²) in [6, 6.07) is 10.1. The normalized spacial score (nSPS) is 10.9. The van der Waals surface area contributed by atoms with Crippen molar-refractivity contribution in [3.8, 4) is 11.5 Å². The van der Waals surface area contributed by atoms with Gasteiger partial charge in [-0.1, -0.05) is 23.7 Å². The van der Waals surface area contributed by atoms with Gasteiger partial charge in [0.05, 0.1) is 24.4 Å². The number of aliphatic hydroxyl groups is 1. The SMILES string of the molecule is COc1cc(N=Nc2ccccc2Cl)cc(CO)c1O. The Balaban J connectivity index is 2.36. The summed E-state index contributed by atoms with van der Waals surface area (Å²) in [5.74, 6) is 0.122. The molecule has 2 aromatic carbocycles. The zero-order chi connectivity index (χ0) is 14.5. The van der Waals surface area contributed by atoms with Crippen molar-refractivity contribution in [2.45, 2.75) is 6.61 Å². The number of methoxy groups -OCH3 is 1. The standard InChI is InChI=1S/C14H13ClN2O3/c1-20-13-7-10(6-9(8-18)14(13)19)16-17-12-5-3-2-4-11(12)15/h2-7,18-19H,8H2,1H3. The van der Waals surface area contributed by atoms with Gasteiger partial charge in [-0.15, -0.1) is 5.11 Å². The third-order valence-electron chi connectivity index (χ3n) is 2.65. The maximum Gasteiger partial charge on any atom is 0.163 e. The van der Waals surface area contributed by atoms with Gasteiger partial charge in [0.2, 0.25) is 0 Å². The molecule has 104 valence electrons. The van der Waals surface area contributed by atoms with E-state index in [1.807, 2.05) is 0 Å². The Hall–Kier alpha value is -2.11. The van der Waals surface area contributed by atoms with Crippen molar-refractivity contribution in [2.75, 3.05) is 7.11 Å². The molecular weight excluding hydrogens is 280 g/mol. The number of rotatable bonds is 4. The summed E-state index contributed by atoms with van der Waals surface area (Å²) >= 11 is 5.97. The lowest BCUT2D eigenvalue weighted by atomic mass is 10.1. The second-order valence-electron chi connectivity index (χ2n) is 3.97. The number of halogens is 1. The van der Waals surface area contributed by atoms with Crippen LogP contribution in [-0.4, -0.2) is 17.3 Å². The molecule has 0 aromatic heterocycles. The van der Waals surface area contributed by atoms with Crippen LogP contribution >= 0.6 is 11.6 Å². The van der Waals surface area contributed by atoms with Crippen molar-refractivity contribution in [3.05, 3.63) is 47.0 Å². The van der Waals surface area contributed by atoms with E-state index in [1.54, 1.807) is 24.3 Å². The number of benzene rings is 2. The van der Waals surface area contributed by atoms with Crippen molar-refractivity contribution in [1.29, 1.82) is 0 Å². The van der Waals surface area contributed by atoms with Gasteiger partial charge >= 0.3 is 0 Å². The van der Waals surface area contributed by atoms with Crippen LogP contribution in [0.5, 0.6) is 11.5 Å². The monoisotopic (exact) mass is 292 g/mol. The molecule has 0 aliphatic rings. The third kappa shape index (κ3) is 3.07. The molecule has 0 fully saturated rings. The summed E-state index contributed by atoms with van der Waals surface area (Å²) in [6.45, 7) is -0.322. The molecule has 2 N–H and O–H groups in total. The minimum atomic E-state index is -0.322. The summed E-state index contributed by atoms with van der Waals surface area (Å²) in [5, 5.41) is 27.5. The average Bonchev–Trinajstić information content (AvgIpc) is 2.47. The van der Waals surface area contributed by atoms with Gasteiger partial charge in [0.15, 0.2) is 11.5 Å². The minimum Gasteiger partial charge on any atom is -0.504 e. The summed E-state index contributed by atoms with van der Waals surface area (Å²) in [4.78, 5) is 0. The number of aliphatic hydroxyl groups excluding tert-OH is 1. The van der Waals surface area contributed by atoms with Crippen LogP contribution in [-0.2, 0) is 6.61 Å². The van der Waals surface area contributed by atoms with Crippen molar-refractivity contribution in [3.63, 3.8) is 0 Å². The molecule has 6 heteroatoms. The van der Waals surface area contributed by atoms with E-state index < -0.39 is 0 Å². The van der Waals surface area contributed by atoms with Gasteiger partial charge in [0.1, 0.15) is 5.69 Å². The number of nitrogens with zero attached hydrogens (tertiary/aromatic N) is 2. The van der Waals surface area contributed by atoms with E-state index in [9.17, 15) is 10.2 Å². The number of azo groups is 1. The van der Waals surface area contributed by atoms with Gasteiger partial charge in [-0.05, 0) is 18.2 Å². The molecule has 2 aromatic rings. The van der Waals surface area contributed by atoms with E-state index >= 15 is 0 Å². The van der Waals surface area contributed by atoms with E-state index in [0.717, 1.165) is 0 Å². The summed E-state index contributed by atoms with van der Waals surface area (Å²) < 4.78 is 5.02. The highest BCUT2D eigenvalue weighted by molar-refractivity contribution is 6.32. The lowest BCUT2D eigenvalue weighted by molar-refractivity contribution is 0.272. The van der Waals surface area contributed by atoms with Crippen LogP contribution in [0.4, 0.5) is 11.4 Å². The Bertz CT molecular complexity index is 619. The van der Waals surface area contributed by atoms with Crippen LogP contribution in [0.15, 0.2) is 46.6 Å². The van der Waals surface area contributed by atoms with Crippen LogP contribution in [0.3, 0.4) is 0 Å². The molecule has 0 saturated carbocycles. The lowest BCUT2D eigenvalue weighted by Gasteiger charge is -2.08. The first-order valence-corrected chi connectivity index (χ1v) is 6.20. The predicted molar refractivity (Wildman–Crippen MR) is 76.2 cm³/mol. The first-order valence-electron chi connectivity index (χ1n) is 5.82. The fraction of sp³-hybridized carbons (Fsp3) is 0.143. The van der Waals surface area contributed by atoms with E-state index in [2.05, 4.69) is 10.2 Å². The number of phenols is 1. The average molecular weight is 293 g/mol. The minimum absolute atomic E-state index is 0.105. The quantitative estimate of drug-likeness (QED) is 0.838. The molecule has 0 radical (unpaired) electrons. The van der Waals surface area contributed by atoms with Gasteiger partial charge < -0.3 is 14.9 Å². The zero-order valence-electron chi connectivity index (χ0n) is 10.7. The summed E-state index contributed by atoms with van der Waals surface area (Å²) in [7, 11) is 1.42. The first-order chi connectivity index (χ1) is 9.65. The highest BCUT2D eigenvalue weighted by atomic mass is 35.5. The molecular formula is C14H13ClN2O3. The Morgan fingerprint density at radius 2 is 1.95 bits per heavy atom. The van der Waals surface area contributed by atoms with E-state index in [4.69, 9.17) is 16.3 Å². The third-order valence-corrected chi connectivity index (χ3v) is 2.97. The Morgan fingerprint density at radius 3 is 2.60 bits per heavy atom. The van der Waals surface area contributed by atoms with Crippen LogP contribution in [0.1, 0.15) is 5.56 Å². The molecule has 2 rings (SSSR count). The van der Waals surface area contributed by atoms with Gasteiger partial charge in [-0.3, -0.25) is 0 Å². The van der Waals surface area contributed by atoms with E-state index in [0.29, 0.717) is 22.0 Å². The number of aromatic hydroxyl groups is 1. The van der Waals surface area contributed by atoms with Crippen molar-refractivity contribution < 1.29 is 14.9 Å². The number of hydrogen-bond donors (Lipinski definition) is 2. The maximum atomic E-state index is 9.76. The molecule has 0 unspecified atom stereocenters. The molecule has 0 aliphatic heterocycles. The Kier molecular flexibility index (Phi) is 4.55. The predicted octanol–water partition coefficient (Wildman–Crippen LogP) is 3.96. The molecule has 0 aliphatic carbocycles. The van der Waals surface area contributed by atoms with Gasteiger partial charge in [-0.2, -0.15) is 5.11 Å². The fourth-order valence-corrected chi connectivity index (χ4v) is 1.80. The smallest absolute Gasteiger partial charge is 0.163 e. The van der Waals surface area contributed by atoms with E-state index in [1.165, 1.54) is 19.2 Å². The second kappa shape index (κ2) is 6.36. The lowest BCUT2D eigenvalue weighted by Crippen LogP contribution is -1.89. The highest BCUT2D eigenvalue weighted by Gasteiger charge is 2.09. The second-order valence-corrected chi connectivity index (χ2v) is 4.37. The van der Waals surface area contributed by atoms with Crippen molar-refractivity contribution in [2.24, 2.45) is 10.2 Å². The fourth-order valence-electron chi connectivity index (χ4n) is 1.63. The summed E-state index contributed by atoms with van der Waals surface area (Å²) in [5.41, 5.74) is 1.30. The molecule has 0 saturated heterocycles. The first kappa shape index (κ1) is 14.3. The molecule has 20 heavy (non-hydrogen) atoms. The Morgan fingerprint density at radius 1 is 1.20 bits per heavy atom. The Labute approximate surface area is 121 Å². The van der Waals surface area contributed by atoms with Gasteiger partial charge in [0.25, 0.3) is 0 Å². The van der Waals surface area contributed by atoms with Crippen molar-refractivity contribution in [1.82, 2.24) is 0 Å². The van der Waals surface area contributed by atoms with Crippen molar-refractivity contribution >= 4 is 23.0 Å². The molecule has 0 heterocycles. The number of hydrogen-bond acceptors (Lipinski definition) is 5. The highest BCUT2D eigenvalue weighted by Crippen LogP contribution is 2.35. The van der Waals surface area contributed by atoms with Crippen LogP contribution in [0.2, 0.25) is 5.02 Å². The van der Waals surface area contributed by atoms with Gasteiger partial charge in [-0.25, -0.2) is 0 Å². The van der Waals surface area contributed by atoms with E-state index in [-0.39, 0.29) is 18.1 Å². The van der Waals surface area contributed by atoms with Gasteiger partial charge in [0, 0.05) is 11.6 Å². The molecule has 0 atom stereocenters.